The van der Waals surface area contributed by atoms with Crippen molar-refractivity contribution in [3.8, 4) is 0 Å². The van der Waals surface area contributed by atoms with E-state index >= 15 is 0 Å². The normalized spacial score (nSPS) is 16.7. The Morgan fingerprint density at radius 2 is 1.81 bits per heavy atom. The summed E-state index contributed by atoms with van der Waals surface area (Å²) in [5.74, 6) is 0.332. The summed E-state index contributed by atoms with van der Waals surface area (Å²) in [6, 6.07) is 3.65. The molecule has 1 aromatic carbocycles. The van der Waals surface area contributed by atoms with Crippen molar-refractivity contribution in [1.82, 2.24) is 0 Å². The largest absolute Gasteiger partial charge is 0.369 e. The van der Waals surface area contributed by atoms with Crippen molar-refractivity contribution in [3.63, 3.8) is 0 Å². The van der Waals surface area contributed by atoms with Crippen molar-refractivity contribution >= 4 is 34.7 Å². The number of carbonyl (C=O) groups is 1. The van der Waals surface area contributed by atoms with Gasteiger partial charge in [0.25, 0.3) is 0 Å². The molecule has 4 heteroatoms. The zero-order valence-electron chi connectivity index (χ0n) is 9.09. The summed E-state index contributed by atoms with van der Waals surface area (Å²) in [5, 5.41) is 1.32. The van der Waals surface area contributed by atoms with E-state index in [4.69, 9.17) is 23.2 Å². The third-order valence-electron chi connectivity index (χ3n) is 2.86. The Morgan fingerprint density at radius 1 is 1.19 bits per heavy atom. The summed E-state index contributed by atoms with van der Waals surface area (Å²) in [6.07, 6.45) is 1.22. The average Bonchev–Trinajstić information content (AvgIpc) is 2.19. The van der Waals surface area contributed by atoms with Crippen molar-refractivity contribution in [2.45, 2.75) is 19.8 Å². The lowest BCUT2D eigenvalue weighted by atomic mass is 10.1. The van der Waals surface area contributed by atoms with Gasteiger partial charge in [0.15, 0.2) is 0 Å². The minimum absolute atomic E-state index is 0.332. The summed E-state index contributed by atoms with van der Waals surface area (Å²) in [4.78, 5) is 13.3. The zero-order valence-corrected chi connectivity index (χ0v) is 10.6. The number of carbonyl (C=O) groups excluding carboxylic acids is 1. The molecule has 0 amide bonds. The molecule has 1 fully saturated rings. The van der Waals surface area contributed by atoms with Crippen LogP contribution in [0.2, 0.25) is 10.0 Å². The Kier molecular flexibility index (Phi) is 3.41. The van der Waals surface area contributed by atoms with Gasteiger partial charge in [-0.2, -0.15) is 0 Å². The molecule has 0 saturated carbocycles. The van der Waals surface area contributed by atoms with E-state index in [-0.39, 0.29) is 0 Å². The lowest BCUT2D eigenvalue weighted by molar-refractivity contribution is -0.119. The van der Waals surface area contributed by atoms with Gasteiger partial charge in [-0.1, -0.05) is 23.2 Å². The molecule has 1 aromatic rings. The predicted octanol–water partition coefficient (Wildman–Crippen LogP) is 3.47. The highest BCUT2D eigenvalue weighted by Crippen LogP contribution is 2.33. The molecule has 0 N–H and O–H groups in total. The maximum absolute atomic E-state index is 11.2. The third kappa shape index (κ3) is 2.33. The molecule has 0 bridgehead atoms. The van der Waals surface area contributed by atoms with E-state index in [1.54, 1.807) is 6.07 Å². The molecule has 16 heavy (non-hydrogen) atoms. The monoisotopic (exact) mass is 257 g/mol. The van der Waals surface area contributed by atoms with Crippen LogP contribution in [0.25, 0.3) is 0 Å². The molecular weight excluding hydrogens is 245 g/mol. The molecule has 86 valence electrons. The first-order valence-corrected chi connectivity index (χ1v) is 6.06. The van der Waals surface area contributed by atoms with Gasteiger partial charge in [-0.05, 0) is 24.6 Å². The maximum atomic E-state index is 11.2. The zero-order chi connectivity index (χ0) is 11.7. The van der Waals surface area contributed by atoms with E-state index in [1.807, 2.05) is 13.0 Å². The van der Waals surface area contributed by atoms with Gasteiger partial charge >= 0.3 is 0 Å². The predicted molar refractivity (Wildman–Crippen MR) is 67.7 cm³/mol. The molecule has 1 saturated heterocycles. The quantitative estimate of drug-likeness (QED) is 0.768. The minimum atomic E-state index is 0.332. The van der Waals surface area contributed by atoms with Gasteiger partial charge in [0.1, 0.15) is 5.78 Å². The van der Waals surface area contributed by atoms with Gasteiger partial charge in [-0.3, -0.25) is 4.79 Å². The number of piperidine rings is 1. The molecule has 0 unspecified atom stereocenters. The van der Waals surface area contributed by atoms with Crippen LogP contribution in [0.15, 0.2) is 12.1 Å². The molecule has 1 aliphatic rings. The van der Waals surface area contributed by atoms with Crippen molar-refractivity contribution < 1.29 is 4.79 Å². The number of ketones is 1. The van der Waals surface area contributed by atoms with Crippen LogP contribution in [0, 0.1) is 6.92 Å². The van der Waals surface area contributed by atoms with Crippen molar-refractivity contribution in [3.05, 3.63) is 27.7 Å². The standard InChI is InChI=1S/C12H13Cl2NO/c1-8-6-9(13)7-11(14)12(8)15-4-2-10(16)3-5-15/h6-7H,2-5H2,1H3. The van der Waals surface area contributed by atoms with Crippen LogP contribution in [-0.2, 0) is 4.79 Å². The Labute approximate surface area is 105 Å². The Hall–Kier alpha value is -0.730. The molecule has 1 heterocycles. The second-order valence-corrected chi connectivity index (χ2v) is 4.92. The number of benzene rings is 1. The van der Waals surface area contributed by atoms with Gasteiger partial charge < -0.3 is 4.90 Å². The number of rotatable bonds is 1. The Morgan fingerprint density at radius 3 is 2.38 bits per heavy atom. The second-order valence-electron chi connectivity index (χ2n) is 4.08. The number of hydrogen-bond donors (Lipinski definition) is 0. The minimum Gasteiger partial charge on any atom is -0.369 e. The van der Waals surface area contributed by atoms with Crippen LogP contribution in [0.4, 0.5) is 5.69 Å². The lowest BCUT2D eigenvalue weighted by Crippen LogP contribution is -2.34. The summed E-state index contributed by atoms with van der Waals surface area (Å²) < 4.78 is 0. The smallest absolute Gasteiger partial charge is 0.136 e. The van der Waals surface area contributed by atoms with Crippen LogP contribution in [0.1, 0.15) is 18.4 Å². The number of anilines is 1. The molecule has 0 spiro atoms. The highest BCUT2D eigenvalue weighted by molar-refractivity contribution is 6.36. The van der Waals surface area contributed by atoms with Gasteiger partial charge in [0.05, 0.1) is 10.7 Å². The first-order chi connectivity index (χ1) is 7.58. The summed E-state index contributed by atoms with van der Waals surface area (Å²) in [7, 11) is 0. The first-order valence-electron chi connectivity index (χ1n) is 5.30. The van der Waals surface area contributed by atoms with Crippen molar-refractivity contribution in [2.24, 2.45) is 0 Å². The van der Waals surface area contributed by atoms with E-state index in [9.17, 15) is 4.79 Å². The van der Waals surface area contributed by atoms with Crippen LogP contribution in [-0.4, -0.2) is 18.9 Å². The SMILES string of the molecule is Cc1cc(Cl)cc(Cl)c1N1CCC(=O)CC1. The Balaban J connectivity index is 2.30. The molecule has 2 rings (SSSR count). The van der Waals surface area contributed by atoms with Crippen LogP contribution in [0.3, 0.4) is 0 Å². The number of aryl methyl sites for hydroxylation is 1. The number of nitrogens with zero attached hydrogens (tertiary/aromatic N) is 1. The van der Waals surface area contributed by atoms with Crippen LogP contribution >= 0.6 is 23.2 Å². The fourth-order valence-electron chi connectivity index (χ4n) is 2.07. The fourth-order valence-corrected chi connectivity index (χ4v) is 2.79. The molecule has 0 radical (unpaired) electrons. The summed E-state index contributed by atoms with van der Waals surface area (Å²) in [6.45, 7) is 3.49. The van der Waals surface area contributed by atoms with E-state index in [0.29, 0.717) is 28.7 Å². The molecule has 0 aliphatic carbocycles. The van der Waals surface area contributed by atoms with Crippen LogP contribution < -0.4 is 4.90 Å². The number of halogens is 2. The van der Waals surface area contributed by atoms with Crippen molar-refractivity contribution in [1.29, 1.82) is 0 Å². The number of Topliss-reactive ketones (excluding diaryl/α,β-unsaturated/α-hetero) is 1. The highest BCUT2D eigenvalue weighted by Gasteiger charge is 2.20. The average molecular weight is 258 g/mol. The van der Waals surface area contributed by atoms with E-state index in [0.717, 1.165) is 24.3 Å². The van der Waals surface area contributed by atoms with E-state index < -0.39 is 0 Å². The molecular formula is C12H13Cl2NO. The molecule has 0 atom stereocenters. The molecule has 2 nitrogen and oxygen atoms in total. The first kappa shape index (κ1) is 11.7. The topological polar surface area (TPSA) is 20.3 Å². The maximum Gasteiger partial charge on any atom is 0.136 e. The number of hydrogen-bond acceptors (Lipinski definition) is 2. The van der Waals surface area contributed by atoms with Gasteiger partial charge in [-0.25, -0.2) is 0 Å². The molecule has 1 aliphatic heterocycles. The summed E-state index contributed by atoms with van der Waals surface area (Å²) in [5.41, 5.74) is 2.07. The van der Waals surface area contributed by atoms with Gasteiger partial charge in [0.2, 0.25) is 0 Å². The highest BCUT2D eigenvalue weighted by atomic mass is 35.5. The Bertz CT molecular complexity index is 398. The fraction of sp³-hybridized carbons (Fsp3) is 0.417. The second kappa shape index (κ2) is 4.64. The van der Waals surface area contributed by atoms with Gasteiger partial charge in [-0.15, -0.1) is 0 Å². The van der Waals surface area contributed by atoms with Gasteiger partial charge in [0, 0.05) is 31.0 Å². The van der Waals surface area contributed by atoms with Crippen LogP contribution in [0.5, 0.6) is 0 Å². The molecule has 0 aromatic heterocycles. The van der Waals surface area contributed by atoms with E-state index in [2.05, 4.69) is 4.90 Å². The lowest BCUT2D eigenvalue weighted by Gasteiger charge is -2.30. The third-order valence-corrected chi connectivity index (χ3v) is 3.36. The summed E-state index contributed by atoms with van der Waals surface area (Å²) >= 11 is 12.1. The van der Waals surface area contributed by atoms with E-state index in [1.165, 1.54) is 0 Å². The van der Waals surface area contributed by atoms with Crippen molar-refractivity contribution in [2.75, 3.05) is 18.0 Å².